The normalized spacial score (nSPS) is 16.6. The van der Waals surface area contributed by atoms with E-state index in [1.807, 2.05) is 0 Å². The maximum atomic E-state index is 12.4. The van der Waals surface area contributed by atoms with Crippen LogP contribution in [0.1, 0.15) is 24.6 Å². The Morgan fingerprint density at radius 2 is 1.65 bits per heavy atom. The van der Waals surface area contributed by atoms with Crippen molar-refractivity contribution in [1.29, 1.82) is 0 Å². The third-order valence-electron chi connectivity index (χ3n) is 2.46. The maximum Gasteiger partial charge on any atom is 0.434 e. The molecule has 10 heteroatoms. The zero-order chi connectivity index (χ0) is 15.1. The van der Waals surface area contributed by atoms with Crippen molar-refractivity contribution in [3.8, 4) is 5.88 Å². The molecule has 1 aromatic rings. The topological polar surface area (TPSA) is 35.0 Å². The summed E-state index contributed by atoms with van der Waals surface area (Å²) in [6.07, 6.45) is -13.7. The summed E-state index contributed by atoms with van der Waals surface area (Å²) >= 11 is 5.54. The minimum Gasteiger partial charge on any atom is -0.455 e. The average molecular weight is 321 g/mol. The molecule has 1 aliphatic carbocycles. The molecule has 1 saturated carbocycles. The molecule has 112 valence electrons. The minimum atomic E-state index is -5.60. The van der Waals surface area contributed by atoms with E-state index < -0.39 is 24.3 Å². The second kappa shape index (κ2) is 4.94. The summed E-state index contributed by atoms with van der Waals surface area (Å²) in [6.45, 7) is 0. The van der Waals surface area contributed by atoms with Crippen LogP contribution >= 0.6 is 11.6 Å². The van der Waals surface area contributed by atoms with Crippen LogP contribution in [0.5, 0.6) is 5.88 Å². The number of halogens is 7. The molecule has 0 saturated heterocycles. The number of ether oxygens (including phenoxy) is 1. The fourth-order valence-electron chi connectivity index (χ4n) is 1.44. The van der Waals surface area contributed by atoms with Crippen molar-refractivity contribution in [2.45, 2.75) is 37.2 Å². The fraction of sp³-hybridized carbons (Fsp3) is 0.600. The molecule has 1 fully saturated rings. The molecule has 1 aromatic heterocycles. The van der Waals surface area contributed by atoms with Crippen LogP contribution in [0, 0.1) is 0 Å². The van der Waals surface area contributed by atoms with Crippen molar-refractivity contribution >= 4 is 11.6 Å². The third kappa shape index (κ3) is 3.65. The molecule has 0 radical (unpaired) electrons. The molecule has 20 heavy (non-hydrogen) atoms. The predicted octanol–water partition coefficient (Wildman–Crippen LogP) is 3.88. The summed E-state index contributed by atoms with van der Waals surface area (Å²) in [5.74, 6) is -0.839. The lowest BCUT2D eigenvalue weighted by Crippen LogP contribution is -2.46. The Balaban J connectivity index is 2.26. The van der Waals surface area contributed by atoms with E-state index in [2.05, 4.69) is 14.7 Å². The van der Waals surface area contributed by atoms with E-state index >= 15 is 0 Å². The molecule has 2 rings (SSSR count). The monoisotopic (exact) mass is 320 g/mol. The number of nitrogens with zero attached hydrogens (tertiary/aromatic N) is 2. The van der Waals surface area contributed by atoms with E-state index in [9.17, 15) is 26.3 Å². The van der Waals surface area contributed by atoms with Gasteiger partial charge in [-0.1, -0.05) is 11.6 Å². The largest absolute Gasteiger partial charge is 0.455 e. The van der Waals surface area contributed by atoms with Gasteiger partial charge in [-0.15, -0.1) is 0 Å². The van der Waals surface area contributed by atoms with Gasteiger partial charge < -0.3 is 4.74 Å². The zero-order valence-corrected chi connectivity index (χ0v) is 10.4. The van der Waals surface area contributed by atoms with Crippen molar-refractivity contribution in [2.24, 2.45) is 0 Å². The maximum absolute atomic E-state index is 12.4. The lowest BCUT2D eigenvalue weighted by Gasteiger charge is -2.23. The van der Waals surface area contributed by atoms with E-state index in [0.29, 0.717) is 12.8 Å². The van der Waals surface area contributed by atoms with Crippen LogP contribution in [-0.2, 0) is 0 Å². The molecular weight excluding hydrogens is 314 g/mol. The number of hydrogen-bond donors (Lipinski definition) is 0. The molecule has 0 unspecified atom stereocenters. The Morgan fingerprint density at radius 3 is 2.10 bits per heavy atom. The van der Waals surface area contributed by atoms with Crippen LogP contribution in [-0.4, -0.2) is 28.4 Å². The van der Waals surface area contributed by atoms with Crippen LogP contribution < -0.4 is 4.74 Å². The van der Waals surface area contributed by atoms with Crippen LogP contribution in [0.15, 0.2) is 6.07 Å². The Bertz CT molecular complexity index is 486. The van der Waals surface area contributed by atoms with Crippen LogP contribution in [0.4, 0.5) is 26.3 Å². The smallest absolute Gasteiger partial charge is 0.434 e. The average Bonchev–Trinajstić information content (AvgIpc) is 3.05. The molecule has 3 nitrogen and oxygen atoms in total. The minimum absolute atomic E-state index is 0.0914. The molecule has 0 bridgehead atoms. The molecular formula is C10H7ClF6N2O. The van der Waals surface area contributed by atoms with E-state index in [1.54, 1.807) is 0 Å². The molecule has 0 spiro atoms. The molecule has 1 aliphatic rings. The van der Waals surface area contributed by atoms with Gasteiger partial charge in [-0.3, -0.25) is 0 Å². The predicted molar refractivity (Wildman–Crippen MR) is 55.5 cm³/mol. The van der Waals surface area contributed by atoms with Crippen molar-refractivity contribution in [3.05, 3.63) is 17.0 Å². The summed E-state index contributed by atoms with van der Waals surface area (Å²) in [6, 6.07) is 0.720. The highest BCUT2D eigenvalue weighted by Crippen LogP contribution is 2.40. The van der Waals surface area contributed by atoms with Gasteiger partial charge in [0.1, 0.15) is 11.0 Å². The first-order valence-corrected chi connectivity index (χ1v) is 5.79. The first-order valence-electron chi connectivity index (χ1n) is 5.42. The second-order valence-corrected chi connectivity index (χ2v) is 4.63. The van der Waals surface area contributed by atoms with Crippen molar-refractivity contribution < 1.29 is 31.1 Å². The lowest BCUT2D eigenvalue weighted by atomic mass is 10.3. The highest BCUT2D eigenvalue weighted by atomic mass is 35.5. The van der Waals surface area contributed by atoms with Gasteiger partial charge in [0, 0.05) is 12.0 Å². The SMILES string of the molecule is FC(F)(F)C(Oc1cc(Cl)nc(C2CC2)n1)C(F)(F)F. The van der Waals surface area contributed by atoms with Crippen LogP contribution in [0.3, 0.4) is 0 Å². The third-order valence-corrected chi connectivity index (χ3v) is 2.66. The summed E-state index contributed by atoms with van der Waals surface area (Å²) in [7, 11) is 0. The highest BCUT2D eigenvalue weighted by Gasteiger charge is 2.59. The number of aromatic nitrogens is 2. The van der Waals surface area contributed by atoms with Gasteiger partial charge in [0.15, 0.2) is 0 Å². The molecule has 0 aromatic carbocycles. The number of rotatable bonds is 3. The molecule has 0 amide bonds. The van der Waals surface area contributed by atoms with Gasteiger partial charge in [-0.05, 0) is 12.8 Å². The number of alkyl halides is 6. The van der Waals surface area contributed by atoms with Gasteiger partial charge in [-0.25, -0.2) is 4.98 Å². The van der Waals surface area contributed by atoms with E-state index in [1.165, 1.54) is 0 Å². The van der Waals surface area contributed by atoms with Crippen molar-refractivity contribution in [3.63, 3.8) is 0 Å². The number of hydrogen-bond acceptors (Lipinski definition) is 3. The Kier molecular flexibility index (Phi) is 3.74. The first kappa shape index (κ1) is 15.1. The Labute approximate surface area is 113 Å². The quantitative estimate of drug-likeness (QED) is 0.626. The molecule has 0 N–H and O–H groups in total. The van der Waals surface area contributed by atoms with Gasteiger partial charge in [-0.2, -0.15) is 31.3 Å². The van der Waals surface area contributed by atoms with Gasteiger partial charge in [0.25, 0.3) is 6.10 Å². The summed E-state index contributed by atoms with van der Waals surface area (Å²) in [4.78, 5) is 7.28. The summed E-state index contributed by atoms with van der Waals surface area (Å²) < 4.78 is 78.1. The standard InChI is InChI=1S/C10H7ClF6N2O/c11-5-3-6(19-7(18-5)4-1-2-4)20-8(9(12,13)14)10(15,16)17/h3-4,8H,1-2H2. The van der Waals surface area contributed by atoms with Gasteiger partial charge in [0.2, 0.25) is 5.88 Å². The Hall–Kier alpha value is -1.25. The van der Waals surface area contributed by atoms with Gasteiger partial charge in [0.05, 0.1) is 0 Å². The fourth-order valence-corrected chi connectivity index (χ4v) is 1.62. The highest BCUT2D eigenvalue weighted by molar-refractivity contribution is 6.29. The van der Waals surface area contributed by atoms with E-state index in [-0.39, 0.29) is 16.9 Å². The molecule has 0 atom stereocenters. The molecule has 0 aliphatic heterocycles. The van der Waals surface area contributed by atoms with E-state index in [4.69, 9.17) is 11.6 Å². The lowest BCUT2D eigenvalue weighted by molar-refractivity contribution is -0.300. The first-order chi connectivity index (χ1) is 9.07. The molecule has 1 heterocycles. The summed E-state index contributed by atoms with van der Waals surface area (Å²) in [5, 5.41) is -0.264. The van der Waals surface area contributed by atoms with Crippen LogP contribution in [0.2, 0.25) is 5.15 Å². The van der Waals surface area contributed by atoms with Gasteiger partial charge >= 0.3 is 12.4 Å². The van der Waals surface area contributed by atoms with Crippen molar-refractivity contribution in [1.82, 2.24) is 9.97 Å². The summed E-state index contributed by atoms with van der Waals surface area (Å²) in [5.41, 5.74) is 0. The van der Waals surface area contributed by atoms with Crippen LogP contribution in [0.25, 0.3) is 0 Å². The Morgan fingerprint density at radius 1 is 1.10 bits per heavy atom. The zero-order valence-electron chi connectivity index (χ0n) is 9.59. The van der Waals surface area contributed by atoms with Crippen molar-refractivity contribution in [2.75, 3.05) is 0 Å². The second-order valence-electron chi connectivity index (χ2n) is 4.24. The van der Waals surface area contributed by atoms with E-state index in [0.717, 1.165) is 6.07 Å².